The van der Waals surface area contributed by atoms with Crippen LogP contribution in [0.2, 0.25) is 0 Å². The fourth-order valence-electron chi connectivity index (χ4n) is 5.03. The molecule has 2 aliphatic rings. The number of Topliss-reactive ketones (excluding diaryl/α,β-unsaturated/α-hetero) is 2. The predicted molar refractivity (Wildman–Crippen MR) is 131 cm³/mol. The van der Waals surface area contributed by atoms with Crippen LogP contribution in [0.5, 0.6) is 0 Å². The minimum absolute atomic E-state index is 0.0347. The predicted octanol–water partition coefficient (Wildman–Crippen LogP) is 6.01. The molecular weight excluding hydrogens is 408 g/mol. The van der Waals surface area contributed by atoms with Crippen LogP contribution < -0.4 is 0 Å². The van der Waals surface area contributed by atoms with E-state index in [1.165, 1.54) is 0 Å². The molecule has 2 heterocycles. The highest BCUT2D eigenvalue weighted by molar-refractivity contribution is 6.06. The van der Waals surface area contributed by atoms with Gasteiger partial charge < -0.3 is 0 Å². The Labute approximate surface area is 191 Å². The van der Waals surface area contributed by atoms with Gasteiger partial charge in [0.15, 0.2) is 0 Å². The molecule has 160 valence electrons. The first-order chi connectivity index (χ1) is 16.2. The summed E-state index contributed by atoms with van der Waals surface area (Å²) in [7, 11) is 0. The molecule has 0 amide bonds. The van der Waals surface area contributed by atoms with Crippen LogP contribution in [-0.2, 0) is 9.59 Å². The number of carbonyl (C=O) groups is 2. The summed E-state index contributed by atoms with van der Waals surface area (Å²) in [4.78, 5) is 36.2. The van der Waals surface area contributed by atoms with Crippen LogP contribution in [0.1, 0.15) is 53.6 Å². The molecule has 0 spiro atoms. The van der Waals surface area contributed by atoms with E-state index in [2.05, 4.69) is 12.1 Å². The summed E-state index contributed by atoms with van der Waals surface area (Å²) in [6, 6.07) is 20.0. The van der Waals surface area contributed by atoms with Crippen molar-refractivity contribution in [1.29, 1.82) is 0 Å². The number of carbonyl (C=O) groups excluding carboxylic acids is 2. The Bertz CT molecular complexity index is 1390. The smallest absolute Gasteiger partial charge is 0.148 e. The topological polar surface area (TPSA) is 59.9 Å². The standard InChI is InChI=1S/C29H22N2O2/c32-28(20-9-5-13-26-22(20)15-18-7-1-3-11-24(18)30-26)17-29(33)21-10-6-14-27-23(21)16-19-8-2-4-12-25(19)31-27/h1-8,11-16,20-21H,9-10,17H2. The normalized spacial score (nSPS) is 18.8. The van der Waals surface area contributed by atoms with Gasteiger partial charge in [-0.25, -0.2) is 9.97 Å². The molecule has 2 aromatic carbocycles. The lowest BCUT2D eigenvalue weighted by molar-refractivity contribution is -0.128. The van der Waals surface area contributed by atoms with E-state index in [1.54, 1.807) is 0 Å². The number of hydrogen-bond acceptors (Lipinski definition) is 4. The molecule has 4 heteroatoms. The van der Waals surface area contributed by atoms with Gasteiger partial charge in [0.05, 0.1) is 28.8 Å². The SMILES string of the molecule is O=C(CC(=O)C1CC=Cc2nc3ccccc3cc21)C1CC=Cc2nc3ccccc3cc21. The molecule has 0 aliphatic heterocycles. The molecule has 0 fully saturated rings. The van der Waals surface area contributed by atoms with E-state index in [9.17, 15) is 9.59 Å². The Balaban J connectivity index is 1.29. The van der Waals surface area contributed by atoms with Crippen molar-refractivity contribution < 1.29 is 9.59 Å². The van der Waals surface area contributed by atoms with Crippen molar-refractivity contribution in [2.75, 3.05) is 0 Å². The average Bonchev–Trinajstić information content (AvgIpc) is 2.85. The van der Waals surface area contributed by atoms with E-state index in [-0.39, 0.29) is 29.8 Å². The number of fused-ring (bicyclic) bond motifs is 4. The maximum Gasteiger partial charge on any atom is 0.148 e. The highest BCUT2D eigenvalue weighted by atomic mass is 16.1. The lowest BCUT2D eigenvalue weighted by Gasteiger charge is -2.23. The van der Waals surface area contributed by atoms with E-state index in [4.69, 9.17) is 9.97 Å². The van der Waals surface area contributed by atoms with Crippen LogP contribution in [0, 0.1) is 0 Å². The molecule has 0 saturated carbocycles. The number of rotatable bonds is 4. The fourth-order valence-corrected chi connectivity index (χ4v) is 5.03. The Hall–Kier alpha value is -3.92. The van der Waals surface area contributed by atoms with Crippen molar-refractivity contribution in [1.82, 2.24) is 9.97 Å². The summed E-state index contributed by atoms with van der Waals surface area (Å²) in [5.74, 6) is -0.737. The number of para-hydroxylation sites is 2. The molecule has 2 aliphatic carbocycles. The van der Waals surface area contributed by atoms with Gasteiger partial charge in [-0.1, -0.05) is 48.6 Å². The van der Waals surface area contributed by atoms with Gasteiger partial charge in [-0.15, -0.1) is 0 Å². The van der Waals surface area contributed by atoms with Gasteiger partial charge in [0.2, 0.25) is 0 Å². The number of nitrogens with zero attached hydrogens (tertiary/aromatic N) is 2. The van der Waals surface area contributed by atoms with Gasteiger partial charge in [0.1, 0.15) is 11.6 Å². The van der Waals surface area contributed by atoms with Gasteiger partial charge in [0.25, 0.3) is 0 Å². The van der Waals surface area contributed by atoms with Crippen molar-refractivity contribution in [2.24, 2.45) is 0 Å². The summed E-state index contributed by atoms with van der Waals surface area (Å²) in [5, 5.41) is 2.03. The second kappa shape index (κ2) is 7.89. The van der Waals surface area contributed by atoms with E-state index >= 15 is 0 Å². The molecule has 6 rings (SSSR count). The van der Waals surface area contributed by atoms with Crippen molar-refractivity contribution in [3.8, 4) is 0 Å². The minimum atomic E-state index is -0.334. The van der Waals surface area contributed by atoms with Crippen molar-refractivity contribution in [2.45, 2.75) is 31.1 Å². The summed E-state index contributed by atoms with van der Waals surface area (Å²) in [6.45, 7) is 0. The monoisotopic (exact) mass is 430 g/mol. The Kier molecular flexibility index (Phi) is 4.72. The van der Waals surface area contributed by atoms with Crippen molar-refractivity contribution in [3.63, 3.8) is 0 Å². The summed E-state index contributed by atoms with van der Waals surface area (Å²) < 4.78 is 0. The molecule has 33 heavy (non-hydrogen) atoms. The molecular formula is C29H22N2O2. The number of benzene rings is 2. The highest BCUT2D eigenvalue weighted by Gasteiger charge is 2.31. The van der Waals surface area contributed by atoms with Crippen molar-refractivity contribution >= 4 is 45.5 Å². The Morgan fingerprint density at radius 2 is 1.15 bits per heavy atom. The number of aromatic nitrogens is 2. The van der Waals surface area contributed by atoms with Gasteiger partial charge in [0, 0.05) is 22.6 Å². The van der Waals surface area contributed by atoms with Crippen LogP contribution in [0.15, 0.2) is 72.8 Å². The van der Waals surface area contributed by atoms with Gasteiger partial charge >= 0.3 is 0 Å². The van der Waals surface area contributed by atoms with Crippen LogP contribution in [0.3, 0.4) is 0 Å². The average molecular weight is 431 g/mol. The number of hydrogen-bond donors (Lipinski definition) is 0. The molecule has 2 unspecified atom stereocenters. The fraction of sp³-hybridized carbons (Fsp3) is 0.172. The third-order valence-electron chi connectivity index (χ3n) is 6.74. The maximum absolute atomic E-state index is 13.4. The first-order valence-corrected chi connectivity index (χ1v) is 11.4. The van der Waals surface area contributed by atoms with Crippen LogP contribution in [0.4, 0.5) is 0 Å². The number of ketones is 2. The third kappa shape index (κ3) is 3.48. The summed E-state index contributed by atoms with van der Waals surface area (Å²) in [6.07, 6.45) is 9.07. The van der Waals surface area contributed by atoms with Crippen LogP contribution in [0.25, 0.3) is 34.0 Å². The van der Waals surface area contributed by atoms with Crippen LogP contribution >= 0.6 is 0 Å². The summed E-state index contributed by atoms with van der Waals surface area (Å²) in [5.41, 5.74) is 5.32. The zero-order valence-electron chi connectivity index (χ0n) is 18.1. The van der Waals surface area contributed by atoms with E-state index in [0.717, 1.165) is 44.3 Å². The number of pyridine rings is 2. The minimum Gasteiger partial charge on any atom is -0.299 e. The molecule has 2 atom stereocenters. The zero-order chi connectivity index (χ0) is 22.4. The van der Waals surface area contributed by atoms with Gasteiger partial charge in [-0.3, -0.25) is 9.59 Å². The molecule has 0 bridgehead atoms. The quantitative estimate of drug-likeness (QED) is 0.372. The van der Waals surface area contributed by atoms with E-state index < -0.39 is 0 Å². The van der Waals surface area contributed by atoms with Gasteiger partial charge in [-0.2, -0.15) is 0 Å². The molecule has 0 radical (unpaired) electrons. The number of allylic oxidation sites excluding steroid dienone is 2. The Morgan fingerprint density at radius 3 is 1.64 bits per heavy atom. The highest BCUT2D eigenvalue weighted by Crippen LogP contribution is 2.36. The van der Waals surface area contributed by atoms with Crippen molar-refractivity contribution in [3.05, 3.63) is 95.3 Å². The second-order valence-corrected chi connectivity index (χ2v) is 8.80. The second-order valence-electron chi connectivity index (χ2n) is 8.80. The van der Waals surface area contributed by atoms with E-state index in [1.807, 2.05) is 72.8 Å². The first kappa shape index (κ1) is 19.7. The third-order valence-corrected chi connectivity index (χ3v) is 6.74. The lowest BCUT2D eigenvalue weighted by atomic mass is 9.80. The Morgan fingerprint density at radius 1 is 0.697 bits per heavy atom. The molecule has 2 aromatic heterocycles. The van der Waals surface area contributed by atoms with Gasteiger partial charge in [-0.05, 0) is 60.4 Å². The largest absolute Gasteiger partial charge is 0.299 e. The zero-order valence-corrected chi connectivity index (χ0v) is 18.1. The van der Waals surface area contributed by atoms with E-state index in [0.29, 0.717) is 12.8 Å². The first-order valence-electron chi connectivity index (χ1n) is 11.4. The maximum atomic E-state index is 13.4. The molecule has 0 N–H and O–H groups in total. The molecule has 4 aromatic rings. The molecule has 0 saturated heterocycles. The van der Waals surface area contributed by atoms with Crippen LogP contribution in [-0.4, -0.2) is 21.5 Å². The summed E-state index contributed by atoms with van der Waals surface area (Å²) >= 11 is 0. The molecule has 4 nitrogen and oxygen atoms in total. The lowest BCUT2D eigenvalue weighted by Crippen LogP contribution is -2.23.